The van der Waals surface area contributed by atoms with E-state index in [-0.39, 0.29) is 12.2 Å². The smallest absolute Gasteiger partial charge is 0.338 e. The van der Waals surface area contributed by atoms with Gasteiger partial charge in [0.1, 0.15) is 17.4 Å². The molecule has 6 nitrogen and oxygen atoms in total. The molecule has 2 rings (SSSR count). The Morgan fingerprint density at radius 2 is 1.93 bits per heavy atom. The van der Waals surface area contributed by atoms with Gasteiger partial charge in [0, 0.05) is 5.69 Å². The molecule has 1 N–H and O–H groups in total. The molecule has 0 saturated carbocycles. The third-order valence-corrected chi connectivity index (χ3v) is 4.13. The molecule has 0 heterocycles. The highest BCUT2D eigenvalue weighted by molar-refractivity contribution is 9.10. The van der Waals surface area contributed by atoms with Crippen LogP contribution >= 0.6 is 15.9 Å². The molecule has 0 spiro atoms. The number of esters is 1. The van der Waals surface area contributed by atoms with E-state index in [1.54, 1.807) is 56.5 Å². The fraction of sp³-hybridized carbons (Fsp3) is 0.150. The van der Waals surface area contributed by atoms with E-state index < -0.39 is 11.9 Å². The standard InChI is InChI=1S/C20H17BrN2O4/c1-3-27-20(25)14-5-7-16(8-6-14)23-19(24)15(12-22)10-13-4-9-18(26-2)17(21)11-13/h4-11H,3H2,1-2H3,(H,23,24)/b15-10-. The van der Waals surface area contributed by atoms with Crippen molar-refractivity contribution in [2.24, 2.45) is 0 Å². The molecule has 0 aliphatic carbocycles. The first kappa shape index (κ1) is 20.2. The van der Waals surface area contributed by atoms with Crippen molar-refractivity contribution in [3.8, 4) is 11.8 Å². The number of carbonyl (C=O) groups excluding carboxylic acids is 2. The Morgan fingerprint density at radius 3 is 2.48 bits per heavy atom. The second-order valence-electron chi connectivity index (χ2n) is 5.32. The van der Waals surface area contributed by atoms with Gasteiger partial charge in [0.25, 0.3) is 5.91 Å². The van der Waals surface area contributed by atoms with E-state index in [2.05, 4.69) is 21.2 Å². The summed E-state index contributed by atoms with van der Waals surface area (Å²) in [6, 6.07) is 13.3. The van der Waals surface area contributed by atoms with Gasteiger partial charge in [-0.2, -0.15) is 5.26 Å². The van der Waals surface area contributed by atoms with Crippen LogP contribution in [0.1, 0.15) is 22.8 Å². The van der Waals surface area contributed by atoms with Gasteiger partial charge in [-0.05, 0) is 70.9 Å². The lowest BCUT2D eigenvalue weighted by Gasteiger charge is -2.07. The van der Waals surface area contributed by atoms with Gasteiger partial charge < -0.3 is 14.8 Å². The molecule has 138 valence electrons. The number of amides is 1. The highest BCUT2D eigenvalue weighted by Crippen LogP contribution is 2.26. The maximum absolute atomic E-state index is 12.3. The molecule has 0 aromatic heterocycles. The van der Waals surface area contributed by atoms with Crippen LogP contribution in [0.25, 0.3) is 6.08 Å². The number of hydrogen-bond donors (Lipinski definition) is 1. The lowest BCUT2D eigenvalue weighted by molar-refractivity contribution is -0.112. The van der Waals surface area contributed by atoms with E-state index in [1.165, 1.54) is 6.08 Å². The zero-order valence-corrected chi connectivity index (χ0v) is 16.4. The van der Waals surface area contributed by atoms with Crippen molar-refractivity contribution in [2.75, 3.05) is 19.0 Å². The minimum absolute atomic E-state index is 0.0541. The Kier molecular flexibility index (Phi) is 7.15. The second-order valence-corrected chi connectivity index (χ2v) is 6.17. The van der Waals surface area contributed by atoms with E-state index in [0.29, 0.717) is 27.0 Å². The molecule has 0 bridgehead atoms. The van der Waals surface area contributed by atoms with Crippen LogP contribution in [0.5, 0.6) is 5.75 Å². The summed E-state index contributed by atoms with van der Waals surface area (Å²) in [5, 5.41) is 11.9. The topological polar surface area (TPSA) is 88.4 Å². The average molecular weight is 429 g/mol. The van der Waals surface area contributed by atoms with Crippen LogP contribution in [0.2, 0.25) is 0 Å². The molecule has 2 aromatic rings. The maximum atomic E-state index is 12.3. The summed E-state index contributed by atoms with van der Waals surface area (Å²) in [6.45, 7) is 2.01. The normalized spacial score (nSPS) is 10.7. The van der Waals surface area contributed by atoms with E-state index in [9.17, 15) is 14.9 Å². The van der Waals surface area contributed by atoms with Crippen LogP contribution in [0.15, 0.2) is 52.5 Å². The Bertz CT molecular complexity index is 915. The van der Waals surface area contributed by atoms with Crippen LogP contribution in [-0.2, 0) is 9.53 Å². The molecule has 0 atom stereocenters. The van der Waals surface area contributed by atoms with E-state index in [0.717, 1.165) is 0 Å². The Labute approximate surface area is 165 Å². The molecule has 0 radical (unpaired) electrons. The average Bonchev–Trinajstić information content (AvgIpc) is 2.67. The molecular formula is C20H17BrN2O4. The van der Waals surface area contributed by atoms with Gasteiger partial charge in [-0.25, -0.2) is 4.79 Å². The number of carbonyl (C=O) groups is 2. The first-order valence-corrected chi connectivity index (χ1v) is 8.81. The third kappa shape index (κ3) is 5.43. The largest absolute Gasteiger partial charge is 0.496 e. The van der Waals surface area contributed by atoms with Crippen LogP contribution in [0, 0.1) is 11.3 Å². The van der Waals surface area contributed by atoms with Gasteiger partial charge in [0.05, 0.1) is 23.8 Å². The summed E-state index contributed by atoms with van der Waals surface area (Å²) in [5.41, 5.74) is 1.47. The van der Waals surface area contributed by atoms with Crippen LogP contribution in [0.4, 0.5) is 5.69 Å². The highest BCUT2D eigenvalue weighted by atomic mass is 79.9. The Balaban J connectivity index is 2.14. The summed E-state index contributed by atoms with van der Waals surface area (Å²) in [7, 11) is 1.55. The number of ether oxygens (including phenoxy) is 2. The molecule has 0 saturated heterocycles. The number of halogens is 1. The van der Waals surface area contributed by atoms with Crippen molar-refractivity contribution >= 4 is 39.6 Å². The van der Waals surface area contributed by atoms with E-state index >= 15 is 0 Å². The first-order chi connectivity index (χ1) is 13.0. The van der Waals surface area contributed by atoms with Crippen LogP contribution in [-0.4, -0.2) is 25.6 Å². The van der Waals surface area contributed by atoms with Gasteiger partial charge in [-0.1, -0.05) is 6.07 Å². The summed E-state index contributed by atoms with van der Waals surface area (Å²) in [4.78, 5) is 24.0. The quantitative estimate of drug-likeness (QED) is 0.423. The van der Waals surface area contributed by atoms with Gasteiger partial charge in [0.15, 0.2) is 0 Å². The van der Waals surface area contributed by atoms with Crippen molar-refractivity contribution in [3.63, 3.8) is 0 Å². The van der Waals surface area contributed by atoms with Crippen molar-refractivity contribution in [3.05, 3.63) is 63.6 Å². The maximum Gasteiger partial charge on any atom is 0.338 e. The zero-order chi connectivity index (χ0) is 19.8. The molecule has 1 amide bonds. The third-order valence-electron chi connectivity index (χ3n) is 3.51. The summed E-state index contributed by atoms with van der Waals surface area (Å²) in [6.07, 6.45) is 1.48. The molecular weight excluding hydrogens is 412 g/mol. The summed E-state index contributed by atoms with van der Waals surface area (Å²) >= 11 is 3.36. The number of methoxy groups -OCH3 is 1. The fourth-order valence-electron chi connectivity index (χ4n) is 2.19. The van der Waals surface area contributed by atoms with Gasteiger partial charge in [-0.15, -0.1) is 0 Å². The minimum atomic E-state index is -0.548. The predicted octanol–water partition coefficient (Wildman–Crippen LogP) is 4.18. The molecule has 0 aliphatic heterocycles. The van der Waals surface area contributed by atoms with Crippen LogP contribution < -0.4 is 10.1 Å². The predicted molar refractivity (Wildman–Crippen MR) is 105 cm³/mol. The molecule has 0 unspecified atom stereocenters. The van der Waals surface area contributed by atoms with E-state index in [1.807, 2.05) is 6.07 Å². The molecule has 0 aliphatic rings. The van der Waals surface area contributed by atoms with Gasteiger partial charge in [0.2, 0.25) is 0 Å². The van der Waals surface area contributed by atoms with Crippen molar-refractivity contribution in [1.82, 2.24) is 0 Å². The van der Waals surface area contributed by atoms with Crippen molar-refractivity contribution < 1.29 is 19.1 Å². The number of hydrogen-bond acceptors (Lipinski definition) is 5. The fourth-order valence-corrected chi connectivity index (χ4v) is 2.75. The van der Waals surface area contributed by atoms with Crippen molar-refractivity contribution in [1.29, 1.82) is 5.26 Å². The molecule has 0 fully saturated rings. The Morgan fingerprint density at radius 1 is 1.22 bits per heavy atom. The lowest BCUT2D eigenvalue weighted by Crippen LogP contribution is -2.13. The number of nitriles is 1. The number of nitrogens with zero attached hydrogens (tertiary/aromatic N) is 1. The van der Waals surface area contributed by atoms with Gasteiger partial charge >= 0.3 is 5.97 Å². The molecule has 27 heavy (non-hydrogen) atoms. The summed E-state index contributed by atoms with van der Waals surface area (Å²) in [5.74, 6) is -0.330. The minimum Gasteiger partial charge on any atom is -0.496 e. The SMILES string of the molecule is CCOC(=O)c1ccc(NC(=O)/C(C#N)=C\c2ccc(OC)c(Br)c2)cc1. The molecule has 7 heteroatoms. The molecule has 2 aromatic carbocycles. The first-order valence-electron chi connectivity index (χ1n) is 8.02. The number of benzene rings is 2. The highest BCUT2D eigenvalue weighted by Gasteiger charge is 2.11. The number of anilines is 1. The van der Waals surface area contributed by atoms with Gasteiger partial charge in [-0.3, -0.25) is 4.79 Å². The number of nitrogens with one attached hydrogen (secondary N) is 1. The Hall–Kier alpha value is -3.11. The van der Waals surface area contributed by atoms with Crippen molar-refractivity contribution in [2.45, 2.75) is 6.92 Å². The second kappa shape index (κ2) is 9.55. The monoisotopic (exact) mass is 428 g/mol. The zero-order valence-electron chi connectivity index (χ0n) is 14.8. The van der Waals surface area contributed by atoms with Crippen LogP contribution in [0.3, 0.4) is 0 Å². The lowest BCUT2D eigenvalue weighted by atomic mass is 10.1. The summed E-state index contributed by atoms with van der Waals surface area (Å²) < 4.78 is 10.8. The van der Waals surface area contributed by atoms with E-state index in [4.69, 9.17) is 9.47 Å². The number of rotatable bonds is 6.